The summed E-state index contributed by atoms with van der Waals surface area (Å²) in [5.41, 5.74) is 3.48. The smallest absolute Gasteiger partial charge is 0.240 e. The number of amides is 1. The Morgan fingerprint density at radius 3 is 2.26 bits per heavy atom. The second-order valence-electron chi connectivity index (χ2n) is 7.36. The van der Waals surface area contributed by atoms with Gasteiger partial charge in [-0.1, -0.05) is 54.1 Å². The first kappa shape index (κ1) is 22.7. The zero-order chi connectivity index (χ0) is 22.3. The molecule has 3 rings (SSSR count). The molecule has 0 atom stereocenters. The molecule has 0 radical (unpaired) electrons. The van der Waals surface area contributed by atoms with E-state index in [1.54, 1.807) is 18.2 Å². The molecule has 162 valence electrons. The molecule has 7 heteroatoms. The second kappa shape index (κ2) is 10.3. The third-order valence-electron chi connectivity index (χ3n) is 4.82. The Hall–Kier alpha value is -3.03. The third-order valence-corrected chi connectivity index (χ3v) is 6.21. The van der Waals surface area contributed by atoms with Crippen molar-refractivity contribution < 1.29 is 17.6 Å². The minimum Gasteiger partial charge on any atom is -0.352 e. The quantitative estimate of drug-likeness (QED) is 0.531. The van der Waals surface area contributed by atoms with Gasteiger partial charge in [-0.05, 0) is 54.3 Å². The van der Waals surface area contributed by atoms with Gasteiger partial charge in [0.25, 0.3) is 0 Å². The number of benzene rings is 3. The van der Waals surface area contributed by atoms with Crippen LogP contribution in [0.1, 0.15) is 28.7 Å². The van der Waals surface area contributed by atoms with Crippen LogP contribution in [0.5, 0.6) is 0 Å². The molecular weight excluding hydrogens is 415 g/mol. The van der Waals surface area contributed by atoms with Crippen LogP contribution in [0.25, 0.3) is 0 Å². The highest BCUT2D eigenvalue weighted by Gasteiger charge is 2.14. The molecule has 3 aromatic carbocycles. The van der Waals surface area contributed by atoms with E-state index in [1.165, 1.54) is 35.9 Å². The molecule has 0 aliphatic carbocycles. The van der Waals surface area contributed by atoms with Crippen molar-refractivity contribution in [2.75, 3.05) is 0 Å². The Labute approximate surface area is 182 Å². The maximum absolute atomic E-state index is 13.3. The summed E-state index contributed by atoms with van der Waals surface area (Å²) < 4.78 is 40.9. The lowest BCUT2D eigenvalue weighted by Crippen LogP contribution is -2.25. The van der Waals surface area contributed by atoms with Crippen LogP contribution < -0.4 is 10.0 Å². The highest BCUT2D eigenvalue weighted by atomic mass is 32.2. The van der Waals surface area contributed by atoms with E-state index in [-0.39, 0.29) is 23.9 Å². The van der Waals surface area contributed by atoms with Gasteiger partial charge in [-0.25, -0.2) is 17.5 Å². The van der Waals surface area contributed by atoms with Crippen molar-refractivity contribution in [3.8, 4) is 0 Å². The molecule has 0 aliphatic heterocycles. The first-order valence-electron chi connectivity index (χ1n) is 9.97. The summed E-state index contributed by atoms with van der Waals surface area (Å²) in [6, 6.07) is 20.2. The van der Waals surface area contributed by atoms with Gasteiger partial charge < -0.3 is 5.32 Å². The predicted octanol–water partition coefficient (Wildman–Crippen LogP) is 3.86. The van der Waals surface area contributed by atoms with E-state index < -0.39 is 15.8 Å². The number of carbonyl (C=O) groups is 1. The average molecular weight is 441 g/mol. The Kier molecular flexibility index (Phi) is 7.55. The maximum atomic E-state index is 13.3. The van der Waals surface area contributed by atoms with Crippen molar-refractivity contribution >= 4 is 15.9 Å². The van der Waals surface area contributed by atoms with E-state index in [0.29, 0.717) is 24.0 Å². The van der Waals surface area contributed by atoms with Gasteiger partial charge in [-0.15, -0.1) is 0 Å². The van der Waals surface area contributed by atoms with Crippen LogP contribution in [-0.2, 0) is 34.3 Å². The fourth-order valence-electron chi connectivity index (χ4n) is 3.03. The monoisotopic (exact) mass is 440 g/mol. The number of hydrogen-bond donors (Lipinski definition) is 2. The van der Waals surface area contributed by atoms with E-state index >= 15 is 0 Å². The van der Waals surface area contributed by atoms with Gasteiger partial charge in [0.15, 0.2) is 0 Å². The number of carbonyl (C=O) groups excluding carboxylic acids is 1. The Morgan fingerprint density at radius 2 is 1.55 bits per heavy atom. The van der Waals surface area contributed by atoms with Crippen molar-refractivity contribution in [2.24, 2.45) is 0 Å². The van der Waals surface area contributed by atoms with Crippen LogP contribution in [0.2, 0.25) is 0 Å². The van der Waals surface area contributed by atoms with E-state index in [1.807, 2.05) is 31.2 Å². The zero-order valence-electron chi connectivity index (χ0n) is 17.3. The van der Waals surface area contributed by atoms with Crippen LogP contribution in [0, 0.1) is 12.7 Å². The summed E-state index contributed by atoms with van der Waals surface area (Å²) in [6.45, 7) is 2.24. The van der Waals surface area contributed by atoms with Crippen LogP contribution >= 0.6 is 0 Å². The minimum atomic E-state index is -3.77. The number of aryl methyl sites for hydroxylation is 2. The minimum absolute atomic E-state index is 0.0138. The van der Waals surface area contributed by atoms with Gasteiger partial charge in [0.2, 0.25) is 15.9 Å². The Morgan fingerprint density at radius 1 is 0.871 bits per heavy atom. The molecule has 0 spiro atoms. The lowest BCUT2D eigenvalue weighted by Gasteiger charge is -2.10. The number of hydrogen-bond acceptors (Lipinski definition) is 3. The molecule has 0 saturated carbocycles. The summed E-state index contributed by atoms with van der Waals surface area (Å²) in [4.78, 5) is 12.2. The van der Waals surface area contributed by atoms with Gasteiger partial charge in [-0.3, -0.25) is 4.79 Å². The number of halogens is 1. The normalized spacial score (nSPS) is 11.3. The molecule has 0 aromatic heterocycles. The topological polar surface area (TPSA) is 75.3 Å². The van der Waals surface area contributed by atoms with E-state index in [2.05, 4.69) is 10.0 Å². The van der Waals surface area contributed by atoms with Crippen molar-refractivity contribution in [1.82, 2.24) is 10.0 Å². The molecule has 2 N–H and O–H groups in total. The molecule has 0 bridgehead atoms. The third kappa shape index (κ3) is 7.01. The van der Waals surface area contributed by atoms with E-state index in [9.17, 15) is 17.6 Å². The molecule has 31 heavy (non-hydrogen) atoms. The van der Waals surface area contributed by atoms with Gasteiger partial charge in [0.05, 0.1) is 4.90 Å². The summed E-state index contributed by atoms with van der Waals surface area (Å²) in [7, 11) is -3.77. The average Bonchev–Trinajstić information content (AvgIpc) is 2.76. The molecule has 1 amide bonds. The van der Waals surface area contributed by atoms with Crippen molar-refractivity contribution in [3.05, 3.63) is 101 Å². The number of sulfonamides is 1. The molecule has 0 heterocycles. The largest absolute Gasteiger partial charge is 0.352 e. The summed E-state index contributed by atoms with van der Waals surface area (Å²) in [5.74, 6) is -0.519. The van der Waals surface area contributed by atoms with E-state index in [0.717, 1.165) is 5.56 Å². The molecule has 0 saturated heterocycles. The van der Waals surface area contributed by atoms with Crippen LogP contribution in [0.15, 0.2) is 77.7 Å². The fraction of sp³-hybridized carbons (Fsp3) is 0.208. The summed E-state index contributed by atoms with van der Waals surface area (Å²) in [6.07, 6.45) is 1.00. The number of nitrogens with one attached hydrogen (secondary N) is 2. The van der Waals surface area contributed by atoms with Crippen LogP contribution in [0.3, 0.4) is 0 Å². The SMILES string of the molecule is Cc1ccc(CCC(=O)NCc2cccc(S(=O)(=O)NCc3cccc(F)c3)c2)cc1. The van der Waals surface area contributed by atoms with Gasteiger partial charge in [0.1, 0.15) is 5.82 Å². The summed E-state index contributed by atoms with van der Waals surface area (Å²) >= 11 is 0. The molecule has 5 nitrogen and oxygen atoms in total. The molecule has 0 unspecified atom stereocenters. The highest BCUT2D eigenvalue weighted by Crippen LogP contribution is 2.13. The fourth-order valence-corrected chi connectivity index (χ4v) is 4.12. The van der Waals surface area contributed by atoms with Gasteiger partial charge in [0, 0.05) is 19.5 Å². The Balaban J connectivity index is 1.53. The Bertz CT molecular complexity index is 1150. The predicted molar refractivity (Wildman–Crippen MR) is 118 cm³/mol. The molecule has 0 aliphatic rings. The standard InChI is InChI=1S/C24H25FN2O3S/c1-18-8-10-19(11-9-18)12-13-24(28)26-16-21-5-3-7-23(15-21)31(29,30)27-17-20-4-2-6-22(25)14-20/h2-11,14-15,27H,12-13,16-17H2,1H3,(H,26,28). The van der Waals surface area contributed by atoms with Crippen molar-refractivity contribution in [3.63, 3.8) is 0 Å². The summed E-state index contributed by atoms with van der Waals surface area (Å²) in [5, 5.41) is 2.83. The van der Waals surface area contributed by atoms with Crippen molar-refractivity contribution in [1.29, 1.82) is 0 Å². The van der Waals surface area contributed by atoms with Crippen LogP contribution in [-0.4, -0.2) is 14.3 Å². The lowest BCUT2D eigenvalue weighted by atomic mass is 10.1. The molecular formula is C24H25FN2O3S. The maximum Gasteiger partial charge on any atom is 0.240 e. The van der Waals surface area contributed by atoms with Crippen LogP contribution in [0.4, 0.5) is 4.39 Å². The highest BCUT2D eigenvalue weighted by molar-refractivity contribution is 7.89. The lowest BCUT2D eigenvalue weighted by molar-refractivity contribution is -0.121. The second-order valence-corrected chi connectivity index (χ2v) is 9.13. The number of rotatable bonds is 9. The van der Waals surface area contributed by atoms with Gasteiger partial charge >= 0.3 is 0 Å². The van der Waals surface area contributed by atoms with Gasteiger partial charge in [-0.2, -0.15) is 0 Å². The molecule has 0 fully saturated rings. The first-order valence-corrected chi connectivity index (χ1v) is 11.5. The molecule has 3 aromatic rings. The zero-order valence-corrected chi connectivity index (χ0v) is 18.1. The van der Waals surface area contributed by atoms with Crippen molar-refractivity contribution in [2.45, 2.75) is 37.8 Å². The van der Waals surface area contributed by atoms with E-state index in [4.69, 9.17) is 0 Å². The first-order chi connectivity index (χ1) is 14.8.